The highest BCUT2D eigenvalue weighted by molar-refractivity contribution is 5.75. The Morgan fingerprint density at radius 1 is 1.00 bits per heavy atom. The maximum absolute atomic E-state index is 11.4. The number of amides is 1. The van der Waals surface area contributed by atoms with Gasteiger partial charge in [-0.3, -0.25) is 4.79 Å². The van der Waals surface area contributed by atoms with Crippen molar-refractivity contribution < 1.29 is 4.79 Å². The number of rotatable bonds is 2. The molecule has 2 heteroatoms. The van der Waals surface area contributed by atoms with E-state index in [0.717, 1.165) is 11.8 Å². The van der Waals surface area contributed by atoms with Gasteiger partial charge in [-0.2, -0.15) is 0 Å². The third-order valence-electron chi connectivity index (χ3n) is 4.54. The van der Waals surface area contributed by atoms with Gasteiger partial charge in [0.05, 0.1) is 0 Å². The Kier molecular flexibility index (Phi) is 3.57. The maximum atomic E-state index is 11.4. The van der Waals surface area contributed by atoms with Crippen LogP contribution in [0.3, 0.4) is 0 Å². The first-order valence-corrected chi connectivity index (χ1v) is 5.69. The molecule has 0 aromatic rings. The molecule has 1 rings (SSSR count). The molecule has 4 unspecified atom stereocenters. The third-order valence-corrected chi connectivity index (χ3v) is 4.54. The highest BCUT2D eigenvalue weighted by atomic mass is 16.1. The molecule has 1 saturated carbocycles. The van der Waals surface area contributed by atoms with Crippen LogP contribution in [0.15, 0.2) is 0 Å². The van der Waals surface area contributed by atoms with Gasteiger partial charge < -0.3 is 5.32 Å². The first-order valence-electron chi connectivity index (χ1n) is 5.69. The number of nitrogens with one attached hydrogen (secondary N) is 1. The van der Waals surface area contributed by atoms with Crippen molar-refractivity contribution in [1.29, 1.82) is 0 Å². The monoisotopic (exact) mass is 197 g/mol. The minimum Gasteiger partial charge on any atom is -0.359 e. The van der Waals surface area contributed by atoms with Gasteiger partial charge >= 0.3 is 0 Å². The van der Waals surface area contributed by atoms with E-state index in [1.54, 1.807) is 7.05 Å². The lowest BCUT2D eigenvalue weighted by atomic mass is 9.86. The first kappa shape index (κ1) is 11.5. The van der Waals surface area contributed by atoms with E-state index in [2.05, 4.69) is 33.0 Å². The van der Waals surface area contributed by atoms with Crippen LogP contribution < -0.4 is 5.32 Å². The summed E-state index contributed by atoms with van der Waals surface area (Å²) in [6, 6.07) is 0. The normalized spacial score (nSPS) is 42.5. The average Bonchev–Trinajstić information content (AvgIpc) is 2.35. The fraction of sp³-hybridized carbons (Fsp3) is 0.917. The van der Waals surface area contributed by atoms with Crippen molar-refractivity contribution in [1.82, 2.24) is 5.32 Å². The van der Waals surface area contributed by atoms with Crippen molar-refractivity contribution in [2.45, 2.75) is 34.1 Å². The number of carbonyl (C=O) groups excluding carboxylic acids is 1. The Bertz CT molecular complexity index is 200. The van der Waals surface area contributed by atoms with E-state index in [9.17, 15) is 4.79 Å². The molecule has 0 aromatic carbocycles. The summed E-state index contributed by atoms with van der Waals surface area (Å²) < 4.78 is 0. The van der Waals surface area contributed by atoms with Crippen LogP contribution in [0.2, 0.25) is 0 Å². The topological polar surface area (TPSA) is 29.1 Å². The highest BCUT2D eigenvalue weighted by Crippen LogP contribution is 2.46. The van der Waals surface area contributed by atoms with Crippen LogP contribution in [-0.4, -0.2) is 13.0 Å². The lowest BCUT2D eigenvalue weighted by Gasteiger charge is -2.20. The van der Waals surface area contributed by atoms with Gasteiger partial charge in [0.25, 0.3) is 0 Å². The van der Waals surface area contributed by atoms with E-state index in [4.69, 9.17) is 0 Å². The van der Waals surface area contributed by atoms with Crippen LogP contribution in [0.1, 0.15) is 34.1 Å². The minimum absolute atomic E-state index is 0.190. The second-order valence-electron chi connectivity index (χ2n) is 4.98. The molecule has 0 saturated heterocycles. The lowest BCUT2D eigenvalue weighted by molar-refractivity contribution is -0.122. The quantitative estimate of drug-likeness (QED) is 0.723. The Morgan fingerprint density at radius 3 is 1.79 bits per heavy atom. The molecule has 1 fully saturated rings. The molecule has 1 aliphatic carbocycles. The number of hydrogen-bond acceptors (Lipinski definition) is 1. The molecule has 0 heterocycles. The van der Waals surface area contributed by atoms with Crippen LogP contribution in [-0.2, 0) is 4.79 Å². The van der Waals surface area contributed by atoms with Gasteiger partial charge in [0.15, 0.2) is 0 Å². The summed E-state index contributed by atoms with van der Waals surface area (Å²) >= 11 is 0. The van der Waals surface area contributed by atoms with Gasteiger partial charge in [0.2, 0.25) is 5.91 Å². The minimum atomic E-state index is 0.190. The molecule has 1 amide bonds. The zero-order valence-corrected chi connectivity index (χ0v) is 10.0. The summed E-state index contributed by atoms with van der Waals surface area (Å²) in [5.41, 5.74) is 0. The van der Waals surface area contributed by atoms with Gasteiger partial charge in [-0.15, -0.1) is 0 Å². The van der Waals surface area contributed by atoms with Crippen LogP contribution in [0, 0.1) is 29.6 Å². The molecule has 82 valence electrons. The first-order chi connectivity index (χ1) is 6.49. The standard InChI is InChI=1S/C12H23NO/c1-7-8(2)10(4)11(9(7)3)6-12(14)13-5/h7-11H,6H2,1-5H3,(H,13,14)/t7?,8?,9-,10?,11?/m0/s1. The Balaban J connectivity index is 2.65. The molecular weight excluding hydrogens is 174 g/mol. The summed E-state index contributed by atoms with van der Waals surface area (Å²) in [6.45, 7) is 9.21. The smallest absolute Gasteiger partial charge is 0.220 e. The number of hydrogen-bond donors (Lipinski definition) is 1. The van der Waals surface area contributed by atoms with Crippen LogP contribution >= 0.6 is 0 Å². The fourth-order valence-electron chi connectivity index (χ4n) is 2.90. The fourth-order valence-corrected chi connectivity index (χ4v) is 2.90. The van der Waals surface area contributed by atoms with Crippen LogP contribution in [0.25, 0.3) is 0 Å². The van der Waals surface area contributed by atoms with E-state index in [1.807, 2.05) is 0 Å². The van der Waals surface area contributed by atoms with Gasteiger partial charge in [-0.25, -0.2) is 0 Å². The molecule has 0 radical (unpaired) electrons. The molecule has 1 aliphatic rings. The SMILES string of the molecule is CNC(=O)CC1C(C)C(C)C(C)[C@@H]1C. The predicted octanol–water partition coefficient (Wildman–Crippen LogP) is 2.30. The van der Waals surface area contributed by atoms with Gasteiger partial charge in [-0.05, 0) is 29.6 Å². The highest BCUT2D eigenvalue weighted by Gasteiger charge is 2.41. The second-order valence-corrected chi connectivity index (χ2v) is 4.98. The maximum Gasteiger partial charge on any atom is 0.220 e. The van der Waals surface area contributed by atoms with Crippen LogP contribution in [0.4, 0.5) is 0 Å². The van der Waals surface area contributed by atoms with E-state index in [0.29, 0.717) is 24.2 Å². The zero-order chi connectivity index (χ0) is 10.9. The van der Waals surface area contributed by atoms with E-state index >= 15 is 0 Å². The Morgan fingerprint density at radius 2 is 1.43 bits per heavy atom. The Hall–Kier alpha value is -0.530. The molecule has 0 aliphatic heterocycles. The predicted molar refractivity (Wildman–Crippen MR) is 58.8 cm³/mol. The van der Waals surface area contributed by atoms with Crippen molar-refractivity contribution in [2.24, 2.45) is 29.6 Å². The van der Waals surface area contributed by atoms with Gasteiger partial charge in [0.1, 0.15) is 0 Å². The van der Waals surface area contributed by atoms with E-state index < -0.39 is 0 Å². The molecule has 0 spiro atoms. The summed E-state index contributed by atoms with van der Waals surface area (Å²) in [4.78, 5) is 11.4. The van der Waals surface area contributed by atoms with Crippen molar-refractivity contribution in [3.63, 3.8) is 0 Å². The van der Waals surface area contributed by atoms with Crippen LogP contribution in [0.5, 0.6) is 0 Å². The second kappa shape index (κ2) is 4.33. The molecular formula is C12H23NO. The molecule has 14 heavy (non-hydrogen) atoms. The van der Waals surface area contributed by atoms with Gasteiger partial charge in [-0.1, -0.05) is 27.7 Å². The summed E-state index contributed by atoms with van der Waals surface area (Å²) in [5, 5.41) is 2.72. The van der Waals surface area contributed by atoms with E-state index in [-0.39, 0.29) is 5.91 Å². The summed E-state index contributed by atoms with van der Waals surface area (Å²) in [6.07, 6.45) is 0.702. The summed E-state index contributed by atoms with van der Waals surface area (Å²) in [7, 11) is 1.72. The van der Waals surface area contributed by atoms with Crippen molar-refractivity contribution in [2.75, 3.05) is 7.05 Å². The molecule has 2 nitrogen and oxygen atoms in total. The number of carbonyl (C=O) groups is 1. The molecule has 0 aromatic heterocycles. The lowest BCUT2D eigenvalue weighted by Crippen LogP contribution is -2.25. The zero-order valence-electron chi connectivity index (χ0n) is 10.0. The van der Waals surface area contributed by atoms with E-state index in [1.165, 1.54) is 0 Å². The van der Waals surface area contributed by atoms with Gasteiger partial charge in [0, 0.05) is 13.5 Å². The largest absolute Gasteiger partial charge is 0.359 e. The average molecular weight is 197 g/mol. The Labute approximate surface area is 87.5 Å². The third kappa shape index (κ3) is 1.94. The molecule has 1 N–H and O–H groups in total. The van der Waals surface area contributed by atoms with Crippen molar-refractivity contribution >= 4 is 5.91 Å². The molecule has 0 bridgehead atoms. The summed E-state index contributed by atoms with van der Waals surface area (Å²) in [5.74, 6) is 3.61. The molecule has 5 atom stereocenters. The van der Waals surface area contributed by atoms with Crippen molar-refractivity contribution in [3.8, 4) is 0 Å². The van der Waals surface area contributed by atoms with Crippen molar-refractivity contribution in [3.05, 3.63) is 0 Å².